The fraction of sp³-hybridized carbons (Fsp3) is 0.250. The topological polar surface area (TPSA) is 47.7 Å². The molecule has 0 spiro atoms. The van der Waals surface area contributed by atoms with E-state index >= 15 is 0 Å². The van der Waals surface area contributed by atoms with Crippen molar-refractivity contribution in [1.29, 1.82) is 0 Å². The van der Waals surface area contributed by atoms with Crippen molar-refractivity contribution in [3.8, 4) is 11.3 Å². The summed E-state index contributed by atoms with van der Waals surface area (Å²) in [6.07, 6.45) is 0.969. The Bertz CT molecular complexity index is 848. The Morgan fingerprint density at radius 2 is 1.92 bits per heavy atom. The van der Waals surface area contributed by atoms with Gasteiger partial charge < -0.3 is 5.32 Å². The van der Waals surface area contributed by atoms with Crippen LogP contribution in [0, 0.1) is 0 Å². The summed E-state index contributed by atoms with van der Waals surface area (Å²) in [7, 11) is 3.59. The van der Waals surface area contributed by atoms with E-state index in [1.54, 1.807) is 34.9 Å². The number of hydrogen-bond donors (Lipinski definition) is 1. The number of benzene rings is 1. The number of hydrogen-bond acceptors (Lipinski definition) is 3. The quantitative estimate of drug-likeness (QED) is 0.794. The predicted molar refractivity (Wildman–Crippen MR) is 84.2 cm³/mol. The molecule has 0 atom stereocenters. The van der Waals surface area contributed by atoms with E-state index < -0.39 is 11.7 Å². The highest BCUT2D eigenvalue weighted by molar-refractivity contribution is 5.72. The maximum absolute atomic E-state index is 12.8. The first-order valence-corrected chi connectivity index (χ1v) is 7.25. The number of nitrogens with one attached hydrogen (secondary N) is 1. The molecule has 5 nitrogen and oxygen atoms in total. The Morgan fingerprint density at radius 1 is 1.12 bits per heavy atom. The van der Waals surface area contributed by atoms with Crippen molar-refractivity contribution in [2.45, 2.75) is 12.7 Å². The summed E-state index contributed by atoms with van der Waals surface area (Å²) >= 11 is 0. The Morgan fingerprint density at radius 3 is 2.58 bits per heavy atom. The fourth-order valence-corrected chi connectivity index (χ4v) is 2.43. The van der Waals surface area contributed by atoms with Crippen LogP contribution in [0.15, 0.2) is 42.9 Å². The van der Waals surface area contributed by atoms with Gasteiger partial charge in [-0.3, -0.25) is 9.36 Å². The van der Waals surface area contributed by atoms with Crippen LogP contribution in [0.25, 0.3) is 11.3 Å². The summed E-state index contributed by atoms with van der Waals surface area (Å²) in [4.78, 5) is 0. The summed E-state index contributed by atoms with van der Waals surface area (Å²) in [5, 5.41) is 11.6. The molecule has 0 aliphatic rings. The van der Waals surface area contributed by atoms with Gasteiger partial charge in [-0.1, -0.05) is 12.1 Å². The maximum atomic E-state index is 12.8. The van der Waals surface area contributed by atoms with Gasteiger partial charge >= 0.3 is 6.18 Å². The summed E-state index contributed by atoms with van der Waals surface area (Å²) in [6, 6.07) is 5.27. The van der Waals surface area contributed by atoms with Crippen molar-refractivity contribution in [2.24, 2.45) is 14.1 Å². The SMILES string of the molecule is Cn1cc(-c2nn(C)cc2NCc2cccc(C(F)(F)F)c2)cn1. The fourth-order valence-electron chi connectivity index (χ4n) is 2.43. The van der Waals surface area contributed by atoms with E-state index in [1.165, 1.54) is 6.07 Å². The second-order valence-electron chi connectivity index (χ2n) is 5.52. The van der Waals surface area contributed by atoms with Crippen molar-refractivity contribution in [1.82, 2.24) is 19.6 Å². The van der Waals surface area contributed by atoms with Gasteiger partial charge in [0, 0.05) is 38.6 Å². The van der Waals surface area contributed by atoms with E-state index in [0.29, 0.717) is 11.3 Å². The normalized spacial score (nSPS) is 11.7. The number of alkyl halides is 3. The van der Waals surface area contributed by atoms with Crippen molar-refractivity contribution in [3.05, 3.63) is 54.0 Å². The Kier molecular flexibility index (Phi) is 4.04. The largest absolute Gasteiger partial charge is 0.416 e. The van der Waals surface area contributed by atoms with Gasteiger partial charge in [0.1, 0.15) is 5.69 Å². The minimum Gasteiger partial charge on any atom is -0.378 e. The van der Waals surface area contributed by atoms with Crippen LogP contribution in [0.4, 0.5) is 18.9 Å². The Balaban J connectivity index is 1.81. The second kappa shape index (κ2) is 6.03. The minimum absolute atomic E-state index is 0.267. The van der Waals surface area contributed by atoms with Crippen LogP contribution >= 0.6 is 0 Å². The summed E-state index contributed by atoms with van der Waals surface area (Å²) in [5.41, 5.74) is 2.18. The third-order valence-corrected chi connectivity index (χ3v) is 3.54. The molecule has 2 aromatic heterocycles. The molecule has 3 rings (SSSR count). The van der Waals surface area contributed by atoms with Crippen LogP contribution in [0.1, 0.15) is 11.1 Å². The molecule has 0 fully saturated rings. The lowest BCUT2D eigenvalue weighted by molar-refractivity contribution is -0.137. The zero-order valence-electron chi connectivity index (χ0n) is 13.2. The summed E-state index contributed by atoms with van der Waals surface area (Å²) in [5.74, 6) is 0. The van der Waals surface area contributed by atoms with Crippen LogP contribution in [-0.2, 0) is 26.8 Å². The van der Waals surface area contributed by atoms with Gasteiger partial charge in [0.2, 0.25) is 0 Å². The number of halogens is 3. The molecule has 0 bridgehead atoms. The molecule has 8 heteroatoms. The highest BCUT2D eigenvalue weighted by atomic mass is 19.4. The van der Waals surface area contributed by atoms with Crippen molar-refractivity contribution < 1.29 is 13.2 Å². The van der Waals surface area contributed by atoms with Crippen LogP contribution in [-0.4, -0.2) is 19.6 Å². The number of aromatic nitrogens is 4. The van der Waals surface area contributed by atoms with Gasteiger partial charge in [0.25, 0.3) is 0 Å². The molecule has 1 N–H and O–H groups in total. The molecule has 0 saturated carbocycles. The lowest BCUT2D eigenvalue weighted by atomic mass is 10.1. The van der Waals surface area contributed by atoms with Gasteiger partial charge in [-0.15, -0.1) is 0 Å². The van der Waals surface area contributed by atoms with Crippen LogP contribution in [0.3, 0.4) is 0 Å². The van der Waals surface area contributed by atoms with Gasteiger partial charge in [-0.25, -0.2) is 0 Å². The van der Waals surface area contributed by atoms with E-state index in [9.17, 15) is 13.2 Å². The molecule has 0 amide bonds. The minimum atomic E-state index is -4.34. The van der Waals surface area contributed by atoms with Gasteiger partial charge in [-0.05, 0) is 17.7 Å². The molecule has 0 aliphatic carbocycles. The second-order valence-corrected chi connectivity index (χ2v) is 5.52. The van der Waals surface area contributed by atoms with Gasteiger partial charge in [0.15, 0.2) is 0 Å². The highest BCUT2D eigenvalue weighted by Crippen LogP contribution is 2.30. The first-order valence-electron chi connectivity index (χ1n) is 7.25. The first-order chi connectivity index (χ1) is 11.3. The van der Waals surface area contributed by atoms with E-state index in [-0.39, 0.29) is 6.54 Å². The molecular formula is C16H16F3N5. The molecule has 126 valence electrons. The number of anilines is 1. The molecule has 3 aromatic rings. The number of nitrogens with zero attached hydrogens (tertiary/aromatic N) is 4. The number of aryl methyl sites for hydroxylation is 2. The molecule has 0 saturated heterocycles. The maximum Gasteiger partial charge on any atom is 0.416 e. The average molecular weight is 335 g/mol. The van der Waals surface area contributed by atoms with E-state index in [2.05, 4.69) is 15.5 Å². The van der Waals surface area contributed by atoms with Crippen molar-refractivity contribution in [2.75, 3.05) is 5.32 Å². The third-order valence-electron chi connectivity index (χ3n) is 3.54. The zero-order chi connectivity index (χ0) is 17.3. The first kappa shape index (κ1) is 16.1. The lowest BCUT2D eigenvalue weighted by Crippen LogP contribution is -2.07. The van der Waals surface area contributed by atoms with E-state index in [4.69, 9.17) is 0 Å². The van der Waals surface area contributed by atoms with Crippen LogP contribution < -0.4 is 5.32 Å². The molecule has 0 radical (unpaired) electrons. The van der Waals surface area contributed by atoms with Crippen LogP contribution in [0.2, 0.25) is 0 Å². The Hall–Kier alpha value is -2.77. The molecule has 0 unspecified atom stereocenters. The molecule has 0 aliphatic heterocycles. The van der Waals surface area contributed by atoms with Gasteiger partial charge in [-0.2, -0.15) is 23.4 Å². The molecular weight excluding hydrogens is 319 g/mol. The van der Waals surface area contributed by atoms with Gasteiger partial charge in [0.05, 0.1) is 17.4 Å². The van der Waals surface area contributed by atoms with E-state index in [1.807, 2.05) is 13.2 Å². The highest BCUT2D eigenvalue weighted by Gasteiger charge is 2.30. The smallest absolute Gasteiger partial charge is 0.378 e. The third kappa shape index (κ3) is 3.42. The van der Waals surface area contributed by atoms with Crippen molar-refractivity contribution >= 4 is 5.69 Å². The lowest BCUT2D eigenvalue weighted by Gasteiger charge is -2.10. The zero-order valence-corrected chi connectivity index (χ0v) is 13.2. The standard InChI is InChI=1S/C16H16F3N5/c1-23-9-12(8-21-23)15-14(10-24(2)22-15)20-7-11-4-3-5-13(6-11)16(17,18)19/h3-6,8-10,20H,7H2,1-2H3. The van der Waals surface area contributed by atoms with Crippen LogP contribution in [0.5, 0.6) is 0 Å². The summed E-state index contributed by atoms with van der Waals surface area (Å²) < 4.78 is 41.7. The number of rotatable bonds is 4. The average Bonchev–Trinajstić information content (AvgIpc) is 3.10. The monoisotopic (exact) mass is 335 g/mol. The molecule has 24 heavy (non-hydrogen) atoms. The van der Waals surface area contributed by atoms with E-state index in [0.717, 1.165) is 23.4 Å². The molecule has 1 aromatic carbocycles. The van der Waals surface area contributed by atoms with Crippen molar-refractivity contribution in [3.63, 3.8) is 0 Å². The Labute approximate surface area is 136 Å². The predicted octanol–water partition coefficient (Wildman–Crippen LogP) is 3.45. The summed E-state index contributed by atoms with van der Waals surface area (Å²) in [6.45, 7) is 0.267. The molecule has 2 heterocycles.